The summed E-state index contributed by atoms with van der Waals surface area (Å²) in [5.74, 6) is -0.115. The van der Waals surface area contributed by atoms with E-state index in [2.05, 4.69) is 20.4 Å². The Labute approximate surface area is 179 Å². The van der Waals surface area contributed by atoms with Crippen molar-refractivity contribution in [2.24, 2.45) is 0 Å². The Balaban J connectivity index is 1.40. The van der Waals surface area contributed by atoms with Crippen molar-refractivity contribution in [2.75, 3.05) is 24.5 Å². The van der Waals surface area contributed by atoms with Crippen LogP contribution >= 0.6 is 22.9 Å². The van der Waals surface area contributed by atoms with Crippen LogP contribution in [-0.2, 0) is 6.42 Å². The summed E-state index contributed by atoms with van der Waals surface area (Å²) in [6, 6.07) is 11.3. The van der Waals surface area contributed by atoms with E-state index >= 15 is 0 Å². The summed E-state index contributed by atoms with van der Waals surface area (Å²) in [6.07, 6.45) is 7.56. The minimum absolute atomic E-state index is 0.115. The Morgan fingerprint density at radius 2 is 1.76 bits per heavy atom. The number of benzene rings is 1. The van der Waals surface area contributed by atoms with Crippen molar-refractivity contribution in [3.8, 4) is 5.13 Å². The highest BCUT2D eigenvalue weighted by molar-refractivity contribution is 7.17. The zero-order valence-electron chi connectivity index (χ0n) is 16.2. The third-order valence-corrected chi connectivity index (χ3v) is 6.32. The molecule has 0 bridgehead atoms. The Hall–Kier alpha value is -2.38. The maximum atomic E-state index is 12.7. The number of carbonyl (C=O) groups excluding carboxylic acids is 1. The molecule has 6 nitrogen and oxygen atoms in total. The lowest BCUT2D eigenvalue weighted by molar-refractivity contribution is 0.0947. The number of halogens is 1. The van der Waals surface area contributed by atoms with E-state index in [1.54, 1.807) is 0 Å². The first-order valence-corrected chi connectivity index (χ1v) is 11.2. The smallest absolute Gasteiger partial charge is 0.268 e. The van der Waals surface area contributed by atoms with Crippen molar-refractivity contribution >= 4 is 34.0 Å². The van der Waals surface area contributed by atoms with Crippen LogP contribution in [0.15, 0.2) is 42.6 Å². The third kappa shape index (κ3) is 4.97. The second-order valence-electron chi connectivity index (χ2n) is 7.16. The van der Waals surface area contributed by atoms with E-state index in [9.17, 15) is 4.79 Å². The van der Waals surface area contributed by atoms with Crippen molar-refractivity contribution in [1.82, 2.24) is 20.1 Å². The molecule has 3 heterocycles. The molecular formula is C21H24ClN5OS. The van der Waals surface area contributed by atoms with Gasteiger partial charge in [-0.05, 0) is 49.1 Å². The summed E-state index contributed by atoms with van der Waals surface area (Å²) in [5.41, 5.74) is 1.70. The number of rotatable bonds is 6. The van der Waals surface area contributed by atoms with Gasteiger partial charge in [-0.3, -0.25) is 9.36 Å². The molecule has 1 saturated heterocycles. The SMILES string of the molecule is O=C(NCCc1ccc(Cl)cc1)c1cccn1-c1nnc(N2CCCCCC2)s1. The monoisotopic (exact) mass is 429 g/mol. The average molecular weight is 430 g/mol. The number of carbonyl (C=O) groups is 1. The highest BCUT2D eigenvalue weighted by atomic mass is 35.5. The number of anilines is 1. The first kappa shape index (κ1) is 19.9. The fraction of sp³-hybridized carbons (Fsp3) is 0.381. The first-order chi connectivity index (χ1) is 14.2. The van der Waals surface area contributed by atoms with Crippen molar-refractivity contribution in [3.05, 3.63) is 58.9 Å². The second-order valence-corrected chi connectivity index (χ2v) is 8.54. The molecule has 1 aromatic carbocycles. The molecular weight excluding hydrogens is 406 g/mol. The fourth-order valence-corrected chi connectivity index (χ4v) is 4.51. The van der Waals surface area contributed by atoms with Gasteiger partial charge in [0.2, 0.25) is 10.3 Å². The maximum Gasteiger partial charge on any atom is 0.268 e. The summed E-state index contributed by atoms with van der Waals surface area (Å²) in [6.45, 7) is 2.61. The number of nitrogens with one attached hydrogen (secondary N) is 1. The second kappa shape index (κ2) is 9.41. The Kier molecular flexibility index (Phi) is 6.46. The molecule has 0 unspecified atom stereocenters. The van der Waals surface area contributed by atoms with Gasteiger partial charge in [0.05, 0.1) is 0 Å². The van der Waals surface area contributed by atoms with E-state index in [1.165, 1.54) is 37.0 Å². The van der Waals surface area contributed by atoms with Crippen LogP contribution in [-0.4, -0.2) is 40.3 Å². The summed E-state index contributed by atoms with van der Waals surface area (Å²) in [4.78, 5) is 15.0. The van der Waals surface area contributed by atoms with Crippen LogP contribution < -0.4 is 10.2 Å². The molecule has 1 N–H and O–H groups in total. The molecule has 1 aliphatic heterocycles. The van der Waals surface area contributed by atoms with Gasteiger partial charge < -0.3 is 10.2 Å². The zero-order chi connectivity index (χ0) is 20.1. The molecule has 8 heteroatoms. The van der Waals surface area contributed by atoms with Gasteiger partial charge in [0, 0.05) is 30.9 Å². The van der Waals surface area contributed by atoms with Gasteiger partial charge in [0.25, 0.3) is 5.91 Å². The van der Waals surface area contributed by atoms with Crippen LogP contribution in [0.4, 0.5) is 5.13 Å². The molecule has 1 fully saturated rings. The molecule has 29 heavy (non-hydrogen) atoms. The quantitative estimate of drug-likeness (QED) is 0.633. The molecule has 0 atom stereocenters. The minimum atomic E-state index is -0.115. The van der Waals surface area contributed by atoms with Gasteiger partial charge in [-0.2, -0.15) is 0 Å². The predicted molar refractivity (Wildman–Crippen MR) is 117 cm³/mol. The highest BCUT2D eigenvalue weighted by Crippen LogP contribution is 2.26. The van der Waals surface area contributed by atoms with E-state index in [-0.39, 0.29) is 5.91 Å². The van der Waals surface area contributed by atoms with Crippen LogP contribution in [0.3, 0.4) is 0 Å². The van der Waals surface area contributed by atoms with Gasteiger partial charge in [0.15, 0.2) is 0 Å². The molecule has 1 amide bonds. The highest BCUT2D eigenvalue weighted by Gasteiger charge is 2.18. The first-order valence-electron chi connectivity index (χ1n) is 9.99. The summed E-state index contributed by atoms with van der Waals surface area (Å²) in [5, 5.41) is 14.1. The van der Waals surface area contributed by atoms with Gasteiger partial charge in [-0.1, -0.05) is 47.9 Å². The molecule has 1 aliphatic rings. The normalized spacial score (nSPS) is 14.6. The number of nitrogens with zero attached hydrogens (tertiary/aromatic N) is 4. The van der Waals surface area contributed by atoms with E-state index in [1.807, 2.05) is 47.2 Å². The van der Waals surface area contributed by atoms with Crippen molar-refractivity contribution in [1.29, 1.82) is 0 Å². The minimum Gasteiger partial charge on any atom is -0.350 e. The van der Waals surface area contributed by atoms with Gasteiger partial charge in [0.1, 0.15) is 5.69 Å². The molecule has 0 spiro atoms. The van der Waals surface area contributed by atoms with E-state index in [0.29, 0.717) is 17.3 Å². The molecule has 2 aromatic heterocycles. The number of amides is 1. The molecule has 0 radical (unpaired) electrons. The van der Waals surface area contributed by atoms with Crippen LogP contribution in [0, 0.1) is 0 Å². The Morgan fingerprint density at radius 1 is 1.03 bits per heavy atom. The summed E-state index contributed by atoms with van der Waals surface area (Å²) < 4.78 is 1.82. The van der Waals surface area contributed by atoms with Gasteiger partial charge in [-0.25, -0.2) is 0 Å². The molecule has 0 aliphatic carbocycles. The fourth-order valence-electron chi connectivity index (χ4n) is 3.49. The van der Waals surface area contributed by atoms with Crippen molar-refractivity contribution < 1.29 is 4.79 Å². The molecule has 152 valence electrons. The molecule has 0 saturated carbocycles. The zero-order valence-corrected chi connectivity index (χ0v) is 17.8. The lowest BCUT2D eigenvalue weighted by Gasteiger charge is -2.17. The van der Waals surface area contributed by atoms with Crippen molar-refractivity contribution in [3.63, 3.8) is 0 Å². The topological polar surface area (TPSA) is 63.1 Å². The summed E-state index contributed by atoms with van der Waals surface area (Å²) >= 11 is 7.45. The van der Waals surface area contributed by atoms with E-state index in [4.69, 9.17) is 11.6 Å². The largest absolute Gasteiger partial charge is 0.350 e. The predicted octanol–water partition coefficient (Wildman–Crippen LogP) is 4.34. The van der Waals surface area contributed by atoms with Gasteiger partial charge in [-0.15, -0.1) is 10.2 Å². The third-order valence-electron chi connectivity index (χ3n) is 5.08. The van der Waals surface area contributed by atoms with Crippen LogP contribution in [0.2, 0.25) is 5.02 Å². The maximum absolute atomic E-state index is 12.7. The van der Waals surface area contributed by atoms with Gasteiger partial charge >= 0.3 is 0 Å². The van der Waals surface area contributed by atoms with E-state index < -0.39 is 0 Å². The number of hydrogen-bond donors (Lipinski definition) is 1. The lowest BCUT2D eigenvalue weighted by atomic mass is 10.1. The summed E-state index contributed by atoms with van der Waals surface area (Å²) in [7, 11) is 0. The Morgan fingerprint density at radius 3 is 2.52 bits per heavy atom. The average Bonchev–Trinajstić information content (AvgIpc) is 3.33. The van der Waals surface area contributed by atoms with Crippen LogP contribution in [0.5, 0.6) is 0 Å². The lowest BCUT2D eigenvalue weighted by Crippen LogP contribution is -2.27. The van der Waals surface area contributed by atoms with Crippen LogP contribution in [0.25, 0.3) is 5.13 Å². The Bertz CT molecular complexity index is 944. The van der Waals surface area contributed by atoms with Crippen molar-refractivity contribution in [2.45, 2.75) is 32.1 Å². The van der Waals surface area contributed by atoms with E-state index in [0.717, 1.165) is 35.3 Å². The standard InChI is InChI=1S/C21H24ClN5OS/c22-17-9-7-16(8-10-17)11-12-23-19(28)18-6-5-15-27(18)21-25-24-20(29-21)26-13-3-1-2-4-14-26/h5-10,15H,1-4,11-14H2,(H,23,28). The van der Waals surface area contributed by atoms with Crippen LogP contribution in [0.1, 0.15) is 41.7 Å². The molecule has 3 aromatic rings. The molecule has 4 rings (SSSR count). The number of hydrogen-bond acceptors (Lipinski definition) is 5. The number of aromatic nitrogens is 3.